The second-order valence-electron chi connectivity index (χ2n) is 4.61. The highest BCUT2D eigenvalue weighted by Crippen LogP contribution is 2.20. The van der Waals surface area contributed by atoms with Crippen molar-refractivity contribution in [2.75, 3.05) is 0 Å². The minimum Gasteiger partial charge on any atom is -0.489 e. The van der Waals surface area contributed by atoms with Gasteiger partial charge in [-0.25, -0.2) is 0 Å². The molecule has 0 N–H and O–H groups in total. The van der Waals surface area contributed by atoms with Crippen molar-refractivity contribution in [3.63, 3.8) is 0 Å². The summed E-state index contributed by atoms with van der Waals surface area (Å²) in [5.41, 5.74) is 1.42. The van der Waals surface area contributed by atoms with Gasteiger partial charge >= 0.3 is 0 Å². The molecule has 3 rings (SSSR count). The van der Waals surface area contributed by atoms with Crippen molar-refractivity contribution >= 4 is 27.6 Å². The Labute approximate surface area is 127 Å². The lowest BCUT2D eigenvalue weighted by atomic mass is 10.1. The molecule has 0 amide bonds. The summed E-state index contributed by atoms with van der Waals surface area (Å²) in [5, 5.41) is 1.69. The molecule has 3 nitrogen and oxygen atoms in total. The summed E-state index contributed by atoms with van der Waals surface area (Å²) in [4.78, 5) is 15.4. The van der Waals surface area contributed by atoms with Crippen molar-refractivity contribution < 1.29 is 9.53 Å². The number of benzene rings is 2. The van der Waals surface area contributed by atoms with E-state index in [1.807, 2.05) is 30.5 Å². The van der Waals surface area contributed by atoms with Gasteiger partial charge in [0.05, 0.1) is 0 Å². The number of pyridine rings is 1. The summed E-state index contributed by atoms with van der Waals surface area (Å²) in [6.07, 6.45) is 3.62. The van der Waals surface area contributed by atoms with Gasteiger partial charge in [-0.15, -0.1) is 0 Å². The van der Waals surface area contributed by atoms with E-state index in [1.54, 1.807) is 30.5 Å². The van der Waals surface area contributed by atoms with Crippen molar-refractivity contribution in [2.24, 2.45) is 0 Å². The van der Waals surface area contributed by atoms with E-state index in [0.29, 0.717) is 17.9 Å². The number of nitrogens with zero attached hydrogens (tertiary/aromatic N) is 1. The molecule has 1 aromatic heterocycles. The molecule has 1 heterocycles. The van der Waals surface area contributed by atoms with Crippen LogP contribution in [0.25, 0.3) is 10.8 Å². The van der Waals surface area contributed by atoms with Crippen molar-refractivity contribution in [3.8, 4) is 5.75 Å². The number of halogens is 1. The van der Waals surface area contributed by atoms with Gasteiger partial charge in [-0.2, -0.15) is 0 Å². The van der Waals surface area contributed by atoms with Gasteiger partial charge in [-0.05, 0) is 35.2 Å². The van der Waals surface area contributed by atoms with E-state index in [2.05, 4.69) is 4.98 Å². The van der Waals surface area contributed by atoms with E-state index in [9.17, 15) is 4.79 Å². The van der Waals surface area contributed by atoms with Crippen molar-refractivity contribution in [1.82, 2.24) is 4.98 Å². The van der Waals surface area contributed by atoms with E-state index >= 15 is 0 Å². The van der Waals surface area contributed by atoms with Gasteiger partial charge in [-0.3, -0.25) is 9.78 Å². The van der Waals surface area contributed by atoms with Crippen LogP contribution in [0, 0.1) is 0 Å². The summed E-state index contributed by atoms with van der Waals surface area (Å²) < 4.78 is 5.74. The lowest BCUT2D eigenvalue weighted by Gasteiger charge is -2.09. The molecular weight excluding hydrogens is 286 g/mol. The topological polar surface area (TPSA) is 39.2 Å². The fourth-order valence-corrected chi connectivity index (χ4v) is 2.28. The molecule has 0 saturated heterocycles. The number of hydrogen-bond acceptors (Lipinski definition) is 3. The molecule has 104 valence electrons. The van der Waals surface area contributed by atoms with Crippen molar-refractivity contribution in [1.29, 1.82) is 0 Å². The summed E-state index contributed by atoms with van der Waals surface area (Å²) in [6, 6.07) is 14.8. The predicted octanol–water partition coefficient (Wildman–Crippen LogP) is 4.19. The van der Waals surface area contributed by atoms with Gasteiger partial charge in [0.15, 0.2) is 0 Å². The molecule has 3 aromatic rings. The smallest absolute Gasteiger partial charge is 0.252 e. The first kappa shape index (κ1) is 13.6. The molecule has 0 bridgehead atoms. The van der Waals surface area contributed by atoms with Crippen molar-refractivity contribution in [2.45, 2.75) is 6.61 Å². The van der Waals surface area contributed by atoms with Crippen LogP contribution in [0.5, 0.6) is 5.75 Å². The second kappa shape index (κ2) is 5.94. The van der Waals surface area contributed by atoms with Crippen LogP contribution < -0.4 is 4.74 Å². The first-order chi connectivity index (χ1) is 10.2. The zero-order valence-corrected chi connectivity index (χ0v) is 11.9. The van der Waals surface area contributed by atoms with Crippen LogP contribution >= 0.6 is 11.6 Å². The van der Waals surface area contributed by atoms with Crippen LogP contribution in [-0.2, 0) is 6.61 Å². The number of carbonyl (C=O) groups is 1. The van der Waals surface area contributed by atoms with E-state index in [-0.39, 0.29) is 0 Å². The second-order valence-corrected chi connectivity index (χ2v) is 4.95. The number of ether oxygens (including phenoxy) is 1. The molecule has 0 spiro atoms. The first-order valence-electron chi connectivity index (χ1n) is 6.48. The molecule has 0 aliphatic heterocycles. The van der Waals surface area contributed by atoms with Crippen LogP contribution in [0.15, 0.2) is 60.9 Å². The third kappa shape index (κ3) is 3.03. The number of fused-ring (bicyclic) bond motifs is 1. The number of rotatable bonds is 4. The van der Waals surface area contributed by atoms with E-state index in [1.165, 1.54) is 0 Å². The van der Waals surface area contributed by atoms with Crippen LogP contribution in [0.1, 0.15) is 15.9 Å². The fourth-order valence-electron chi connectivity index (χ4n) is 2.16. The maximum atomic E-state index is 11.1. The molecule has 21 heavy (non-hydrogen) atoms. The van der Waals surface area contributed by atoms with Gasteiger partial charge < -0.3 is 4.74 Å². The minimum atomic E-state index is -0.493. The lowest BCUT2D eigenvalue weighted by molar-refractivity contribution is 0.108. The highest BCUT2D eigenvalue weighted by atomic mass is 35.5. The zero-order chi connectivity index (χ0) is 14.7. The number of aromatic nitrogens is 1. The van der Waals surface area contributed by atoms with Gasteiger partial charge in [0.25, 0.3) is 5.24 Å². The Morgan fingerprint density at radius 3 is 2.81 bits per heavy atom. The normalized spacial score (nSPS) is 10.5. The van der Waals surface area contributed by atoms with Gasteiger partial charge in [0, 0.05) is 28.9 Å². The maximum absolute atomic E-state index is 11.1. The van der Waals surface area contributed by atoms with Gasteiger partial charge in [0.1, 0.15) is 12.4 Å². The average molecular weight is 298 g/mol. The maximum Gasteiger partial charge on any atom is 0.252 e. The average Bonchev–Trinajstić information content (AvgIpc) is 2.53. The highest BCUT2D eigenvalue weighted by molar-refractivity contribution is 6.67. The SMILES string of the molecule is O=C(Cl)c1cccc(OCc2cncc3ccccc23)c1. The summed E-state index contributed by atoms with van der Waals surface area (Å²) in [7, 11) is 0. The zero-order valence-electron chi connectivity index (χ0n) is 11.1. The molecule has 0 atom stereocenters. The van der Waals surface area contributed by atoms with Gasteiger partial charge in [0.2, 0.25) is 0 Å². The van der Waals surface area contributed by atoms with Gasteiger partial charge in [-0.1, -0.05) is 30.3 Å². The molecule has 0 fully saturated rings. The van der Waals surface area contributed by atoms with Crippen molar-refractivity contribution in [3.05, 3.63) is 72.1 Å². The molecule has 2 aromatic carbocycles. The molecule has 0 unspecified atom stereocenters. The van der Waals surface area contributed by atoms with Crippen LogP contribution in [0.4, 0.5) is 0 Å². The first-order valence-corrected chi connectivity index (χ1v) is 6.86. The Morgan fingerprint density at radius 2 is 1.95 bits per heavy atom. The Kier molecular flexibility index (Phi) is 3.84. The summed E-state index contributed by atoms with van der Waals surface area (Å²) in [6.45, 7) is 0.383. The molecule has 0 aliphatic carbocycles. The molecule has 0 saturated carbocycles. The van der Waals surface area contributed by atoms with E-state index < -0.39 is 5.24 Å². The Morgan fingerprint density at radius 1 is 1.10 bits per heavy atom. The molecule has 4 heteroatoms. The Hall–Kier alpha value is -2.39. The van der Waals surface area contributed by atoms with Crippen LogP contribution in [-0.4, -0.2) is 10.2 Å². The highest BCUT2D eigenvalue weighted by Gasteiger charge is 2.05. The van der Waals surface area contributed by atoms with Crippen LogP contribution in [0.2, 0.25) is 0 Å². The lowest BCUT2D eigenvalue weighted by Crippen LogP contribution is -1.98. The Balaban J connectivity index is 1.84. The third-order valence-corrected chi connectivity index (χ3v) is 3.42. The molecular formula is C17H12ClNO2. The van der Waals surface area contributed by atoms with Crippen LogP contribution in [0.3, 0.4) is 0 Å². The standard InChI is InChI=1S/C17H12ClNO2/c18-17(20)12-5-3-6-15(8-12)21-11-14-10-19-9-13-4-1-2-7-16(13)14/h1-10H,11H2. The molecule has 0 radical (unpaired) electrons. The number of carbonyl (C=O) groups excluding carboxylic acids is 1. The summed E-state index contributed by atoms with van der Waals surface area (Å²) in [5.74, 6) is 0.606. The quantitative estimate of drug-likeness (QED) is 0.678. The Bertz CT molecular complexity index is 796. The third-order valence-electron chi connectivity index (χ3n) is 3.21. The molecule has 0 aliphatic rings. The minimum absolute atomic E-state index is 0.383. The fraction of sp³-hybridized carbons (Fsp3) is 0.0588. The summed E-state index contributed by atoms with van der Waals surface area (Å²) >= 11 is 5.47. The van der Waals surface area contributed by atoms with E-state index in [0.717, 1.165) is 16.3 Å². The predicted molar refractivity (Wildman–Crippen MR) is 82.7 cm³/mol. The largest absolute Gasteiger partial charge is 0.489 e. The number of hydrogen-bond donors (Lipinski definition) is 0. The van der Waals surface area contributed by atoms with E-state index in [4.69, 9.17) is 16.3 Å². The monoisotopic (exact) mass is 297 g/mol.